The zero-order valence-corrected chi connectivity index (χ0v) is 21.3. The smallest absolute Gasteiger partial charge is 0.252 e. The Labute approximate surface area is 215 Å². The van der Waals surface area contributed by atoms with E-state index in [1.54, 1.807) is 6.07 Å². The maximum absolute atomic E-state index is 14.0. The molecule has 0 saturated carbocycles. The van der Waals surface area contributed by atoms with Crippen molar-refractivity contribution in [3.05, 3.63) is 77.5 Å². The van der Waals surface area contributed by atoms with Crippen LogP contribution in [0.3, 0.4) is 0 Å². The molecule has 36 heavy (non-hydrogen) atoms. The summed E-state index contributed by atoms with van der Waals surface area (Å²) in [6.45, 7) is 7.89. The molecule has 4 rings (SSSR count). The van der Waals surface area contributed by atoms with Gasteiger partial charge in [0.25, 0.3) is 5.91 Å². The summed E-state index contributed by atoms with van der Waals surface area (Å²) in [5, 5.41) is 10.0. The molecule has 1 amide bonds. The molecule has 0 spiro atoms. The van der Waals surface area contributed by atoms with Crippen molar-refractivity contribution in [1.82, 2.24) is 10.3 Å². The maximum atomic E-state index is 14.0. The Morgan fingerprint density at radius 1 is 1.17 bits per heavy atom. The topological polar surface area (TPSA) is 95.3 Å². The lowest BCUT2D eigenvalue weighted by Gasteiger charge is -2.29. The third-order valence-electron chi connectivity index (χ3n) is 5.29. The first-order valence-electron chi connectivity index (χ1n) is 11.7. The van der Waals surface area contributed by atoms with Crippen LogP contribution in [0.1, 0.15) is 29.8 Å². The molecule has 0 bridgehead atoms. The van der Waals surface area contributed by atoms with Crippen molar-refractivity contribution in [2.45, 2.75) is 25.6 Å². The number of pyridine rings is 1. The number of hydrogen-bond donors (Lipinski definition) is 5. The lowest BCUT2D eigenvalue weighted by atomic mass is 10.1. The highest BCUT2D eigenvalue weighted by molar-refractivity contribution is 7.80. The van der Waals surface area contributed by atoms with E-state index in [2.05, 4.69) is 38.5 Å². The lowest BCUT2D eigenvalue weighted by Crippen LogP contribution is -2.43. The summed E-state index contributed by atoms with van der Waals surface area (Å²) in [5.74, 6) is -2.06. The number of carbonyl (C=O) groups excluding carboxylic acids is 1. The summed E-state index contributed by atoms with van der Waals surface area (Å²) in [5.41, 5.74) is 8.08. The molecule has 2 aromatic carbocycles. The molecule has 1 fully saturated rings. The number of primary amides is 1. The Morgan fingerprint density at radius 2 is 1.83 bits per heavy atom. The summed E-state index contributed by atoms with van der Waals surface area (Å²) in [7, 11) is 0. The molecule has 0 radical (unpaired) electrons. The molecule has 0 atom stereocenters. The fraction of sp³-hybridized carbons (Fsp3) is 0.308. The van der Waals surface area contributed by atoms with Crippen LogP contribution in [-0.2, 0) is 6.54 Å². The van der Waals surface area contributed by atoms with Crippen LogP contribution in [-0.4, -0.2) is 42.3 Å². The minimum absolute atomic E-state index is 0.0211. The minimum Gasteiger partial charge on any atom is -0.380 e. The number of thiol groups is 1. The van der Waals surface area contributed by atoms with Crippen LogP contribution in [0.5, 0.6) is 0 Å². The predicted octanol–water partition coefficient (Wildman–Crippen LogP) is 4.55. The fourth-order valence-electron chi connectivity index (χ4n) is 3.57. The summed E-state index contributed by atoms with van der Waals surface area (Å²) in [6.07, 6.45) is 1.35. The van der Waals surface area contributed by atoms with Crippen LogP contribution in [0, 0.1) is 11.6 Å². The number of benzene rings is 2. The van der Waals surface area contributed by atoms with Crippen molar-refractivity contribution in [3.63, 3.8) is 0 Å². The average molecular weight is 515 g/mol. The van der Waals surface area contributed by atoms with Crippen molar-refractivity contribution in [2.24, 2.45) is 5.73 Å². The summed E-state index contributed by atoms with van der Waals surface area (Å²) in [4.78, 5) is 18.4. The molecule has 2 heterocycles. The van der Waals surface area contributed by atoms with Crippen LogP contribution in [0.25, 0.3) is 0 Å². The number of rotatable bonds is 7. The number of piperazine rings is 1. The van der Waals surface area contributed by atoms with Gasteiger partial charge in [0.2, 0.25) is 0 Å². The van der Waals surface area contributed by atoms with Gasteiger partial charge in [0.05, 0.1) is 11.3 Å². The number of amides is 1. The molecule has 3 aromatic rings. The molecule has 1 aliphatic heterocycles. The lowest BCUT2D eigenvalue weighted by molar-refractivity contribution is 0.100. The number of aromatic nitrogens is 1. The Morgan fingerprint density at radius 3 is 2.47 bits per heavy atom. The molecular formula is C26H32F2N6OS. The molecular weight excluding hydrogens is 482 g/mol. The number of halogens is 2. The first-order chi connectivity index (χ1) is 17.2. The van der Waals surface area contributed by atoms with Crippen LogP contribution >= 0.6 is 12.6 Å². The second-order valence-electron chi connectivity index (χ2n) is 8.55. The van der Waals surface area contributed by atoms with Gasteiger partial charge in [0, 0.05) is 61.9 Å². The average Bonchev–Trinajstić information content (AvgIpc) is 2.85. The summed E-state index contributed by atoms with van der Waals surface area (Å²) < 4.78 is 27.4. The summed E-state index contributed by atoms with van der Waals surface area (Å²) in [6, 6.07) is 13.5. The van der Waals surface area contributed by atoms with Crippen LogP contribution in [0.2, 0.25) is 0 Å². The Bertz CT molecular complexity index is 1150. The van der Waals surface area contributed by atoms with Crippen molar-refractivity contribution >= 4 is 41.4 Å². The first kappa shape index (κ1) is 27.2. The number of nitrogens with one attached hydrogen (secondary N) is 3. The van der Waals surface area contributed by atoms with Crippen molar-refractivity contribution in [3.8, 4) is 0 Å². The van der Waals surface area contributed by atoms with E-state index < -0.39 is 17.5 Å². The highest BCUT2D eigenvalue weighted by Gasteiger charge is 2.14. The van der Waals surface area contributed by atoms with Gasteiger partial charge in [-0.05, 0) is 35.6 Å². The largest absolute Gasteiger partial charge is 0.380 e. The van der Waals surface area contributed by atoms with E-state index in [0.717, 1.165) is 43.6 Å². The van der Waals surface area contributed by atoms with E-state index in [-0.39, 0.29) is 17.7 Å². The van der Waals surface area contributed by atoms with E-state index in [0.29, 0.717) is 16.8 Å². The zero-order chi connectivity index (χ0) is 26.1. The normalized spacial score (nSPS) is 13.1. The van der Waals surface area contributed by atoms with Gasteiger partial charge >= 0.3 is 0 Å². The van der Waals surface area contributed by atoms with E-state index in [9.17, 15) is 13.6 Å². The highest BCUT2D eigenvalue weighted by Crippen LogP contribution is 2.24. The maximum Gasteiger partial charge on any atom is 0.252 e. The molecule has 5 N–H and O–H groups in total. The molecule has 1 aromatic heterocycles. The van der Waals surface area contributed by atoms with Gasteiger partial charge in [-0.15, -0.1) is 0 Å². The Kier molecular flexibility index (Phi) is 9.89. The second kappa shape index (κ2) is 13.1. The first-order valence-corrected chi connectivity index (χ1v) is 12.2. The Hall–Kier alpha value is -3.37. The number of carbonyl (C=O) groups is 1. The third-order valence-corrected chi connectivity index (χ3v) is 5.29. The molecule has 1 aliphatic rings. The number of hydrogen-bond acceptors (Lipinski definition) is 7. The van der Waals surface area contributed by atoms with Crippen LogP contribution in [0.4, 0.5) is 31.7 Å². The second-order valence-corrected chi connectivity index (χ2v) is 9.58. The predicted molar refractivity (Wildman–Crippen MR) is 145 cm³/mol. The zero-order valence-electron chi connectivity index (χ0n) is 20.4. The standard InChI is InChI=1S/C23H24F2N6O.C3H8S/c24-19-3-1-2-15(22(19)25)13-28-20-12-21(29-14-18(20)23(26)32)30-16-4-6-17(7-5-16)31-10-8-27-9-11-31;1-3(2)4/h1-7,12,14,27H,8-11,13H2,(H2,26,32)(H2,28,29,30);3-4H,1-2H3. The van der Waals surface area contributed by atoms with Crippen LogP contribution < -0.4 is 26.6 Å². The van der Waals surface area contributed by atoms with E-state index >= 15 is 0 Å². The molecule has 7 nitrogen and oxygen atoms in total. The van der Waals surface area contributed by atoms with Gasteiger partial charge in [-0.3, -0.25) is 4.79 Å². The monoisotopic (exact) mass is 514 g/mol. The third kappa shape index (κ3) is 7.82. The quantitative estimate of drug-likeness (QED) is 0.297. The van der Waals surface area contributed by atoms with Gasteiger partial charge < -0.3 is 26.6 Å². The number of nitrogens with zero attached hydrogens (tertiary/aromatic N) is 2. The Balaban J connectivity index is 0.000000840. The molecule has 10 heteroatoms. The number of nitrogens with two attached hydrogens (primary N) is 1. The van der Waals surface area contributed by atoms with E-state index in [4.69, 9.17) is 5.73 Å². The van der Waals surface area contributed by atoms with Gasteiger partial charge in [0.1, 0.15) is 5.82 Å². The van der Waals surface area contributed by atoms with Gasteiger partial charge in [-0.2, -0.15) is 12.6 Å². The number of anilines is 4. The van der Waals surface area contributed by atoms with Crippen LogP contribution in [0.15, 0.2) is 54.7 Å². The molecule has 0 aliphatic carbocycles. The van der Waals surface area contributed by atoms with Gasteiger partial charge in [0.15, 0.2) is 11.6 Å². The van der Waals surface area contributed by atoms with E-state index in [1.807, 2.05) is 38.1 Å². The SMILES string of the molecule is CC(C)S.NC(=O)c1cnc(Nc2ccc(N3CCNCC3)cc2)cc1NCc1cccc(F)c1F. The molecule has 1 saturated heterocycles. The van der Waals surface area contributed by atoms with Gasteiger partial charge in [-0.1, -0.05) is 26.0 Å². The molecule has 0 unspecified atom stereocenters. The van der Waals surface area contributed by atoms with E-state index in [1.165, 1.54) is 18.3 Å². The highest BCUT2D eigenvalue weighted by atomic mass is 32.1. The summed E-state index contributed by atoms with van der Waals surface area (Å²) >= 11 is 3.97. The van der Waals surface area contributed by atoms with Gasteiger partial charge in [-0.25, -0.2) is 13.8 Å². The van der Waals surface area contributed by atoms with Crippen molar-refractivity contribution in [2.75, 3.05) is 41.7 Å². The fourth-order valence-corrected chi connectivity index (χ4v) is 3.57. The minimum atomic E-state index is -0.933. The van der Waals surface area contributed by atoms with Crippen molar-refractivity contribution in [1.29, 1.82) is 0 Å². The molecule has 192 valence electrons. The van der Waals surface area contributed by atoms with Crippen molar-refractivity contribution < 1.29 is 13.6 Å².